The Morgan fingerprint density at radius 1 is 0.909 bits per heavy atom. The van der Waals surface area contributed by atoms with E-state index >= 15 is 0 Å². The number of nitrogens with one attached hydrogen (secondary N) is 2. The molecule has 0 radical (unpaired) electrons. The van der Waals surface area contributed by atoms with E-state index in [1.54, 1.807) is 0 Å². The van der Waals surface area contributed by atoms with Crippen molar-refractivity contribution >= 4 is 21.8 Å². The molecule has 170 valence electrons. The summed E-state index contributed by atoms with van der Waals surface area (Å²) in [5.41, 5.74) is 2.55. The van der Waals surface area contributed by atoms with Crippen LogP contribution >= 0.6 is 0 Å². The van der Waals surface area contributed by atoms with E-state index in [1.165, 1.54) is 24.3 Å². The number of nitrogens with zero attached hydrogens (tertiary/aromatic N) is 1. The smallest absolute Gasteiger partial charge is 0.251 e. The van der Waals surface area contributed by atoms with E-state index in [9.17, 15) is 18.0 Å². The van der Waals surface area contributed by atoms with Crippen LogP contribution in [0.5, 0.6) is 0 Å². The average molecular weight is 464 g/mol. The van der Waals surface area contributed by atoms with Gasteiger partial charge >= 0.3 is 0 Å². The maximum atomic E-state index is 12.8. The van der Waals surface area contributed by atoms with Crippen LogP contribution in [0.4, 0.5) is 0 Å². The van der Waals surface area contributed by atoms with E-state index in [4.69, 9.17) is 0 Å². The molecule has 4 rings (SSSR count). The molecule has 1 heterocycles. The van der Waals surface area contributed by atoms with E-state index < -0.39 is 10.0 Å². The van der Waals surface area contributed by atoms with Gasteiger partial charge in [0.25, 0.3) is 5.91 Å². The van der Waals surface area contributed by atoms with Crippen molar-refractivity contribution in [2.45, 2.75) is 10.8 Å². The van der Waals surface area contributed by atoms with Crippen LogP contribution in [-0.2, 0) is 14.8 Å². The first-order chi connectivity index (χ1) is 15.9. The van der Waals surface area contributed by atoms with Gasteiger partial charge in [-0.05, 0) is 35.4 Å². The van der Waals surface area contributed by atoms with Crippen molar-refractivity contribution in [1.82, 2.24) is 14.9 Å². The van der Waals surface area contributed by atoms with Crippen molar-refractivity contribution in [1.29, 1.82) is 0 Å². The van der Waals surface area contributed by atoms with Gasteiger partial charge in [0.15, 0.2) is 0 Å². The predicted molar refractivity (Wildman–Crippen MR) is 125 cm³/mol. The molecule has 0 saturated carbocycles. The number of amides is 2. The maximum Gasteiger partial charge on any atom is 0.251 e. The summed E-state index contributed by atoms with van der Waals surface area (Å²) in [4.78, 5) is 24.4. The molecule has 1 saturated heterocycles. The summed E-state index contributed by atoms with van der Waals surface area (Å²) in [6, 6.07) is 25.7. The standard InChI is InChI=1S/C25H25N3O4S/c29-24-18-28(16-15-26-24)33(31,32)22-13-11-21(12-14-22)25(30)27-17-23(19-7-3-1-4-8-19)20-9-5-2-6-10-20/h1-14,23H,15-18H2,(H,26,29)(H,27,30). The highest BCUT2D eigenvalue weighted by molar-refractivity contribution is 7.89. The highest BCUT2D eigenvalue weighted by atomic mass is 32.2. The minimum absolute atomic E-state index is 0.0127. The number of benzene rings is 3. The van der Waals surface area contributed by atoms with Gasteiger partial charge in [0.2, 0.25) is 15.9 Å². The van der Waals surface area contributed by atoms with Crippen LogP contribution in [0.3, 0.4) is 0 Å². The lowest BCUT2D eigenvalue weighted by Gasteiger charge is -2.25. The number of carbonyl (C=O) groups is 2. The third-order valence-electron chi connectivity index (χ3n) is 5.63. The first kappa shape index (κ1) is 22.7. The van der Waals surface area contributed by atoms with Crippen LogP contribution < -0.4 is 10.6 Å². The fourth-order valence-corrected chi connectivity index (χ4v) is 5.24. The van der Waals surface area contributed by atoms with E-state index in [1.807, 2.05) is 60.7 Å². The van der Waals surface area contributed by atoms with Crippen LogP contribution in [0, 0.1) is 0 Å². The lowest BCUT2D eigenvalue weighted by atomic mass is 9.91. The van der Waals surface area contributed by atoms with Gasteiger partial charge < -0.3 is 10.6 Å². The van der Waals surface area contributed by atoms with Crippen LogP contribution in [0.25, 0.3) is 0 Å². The molecular formula is C25H25N3O4S. The van der Waals surface area contributed by atoms with Crippen molar-refractivity contribution in [2.75, 3.05) is 26.2 Å². The number of piperazine rings is 1. The van der Waals surface area contributed by atoms with Crippen LogP contribution in [-0.4, -0.2) is 50.7 Å². The zero-order valence-corrected chi connectivity index (χ0v) is 18.8. The number of rotatable bonds is 7. The molecule has 3 aromatic rings. The molecule has 33 heavy (non-hydrogen) atoms. The van der Waals surface area contributed by atoms with Gasteiger partial charge in [-0.3, -0.25) is 9.59 Å². The quantitative estimate of drug-likeness (QED) is 0.562. The monoisotopic (exact) mass is 463 g/mol. The number of carbonyl (C=O) groups excluding carboxylic acids is 2. The summed E-state index contributed by atoms with van der Waals surface area (Å²) < 4.78 is 26.7. The van der Waals surface area contributed by atoms with Gasteiger partial charge in [0.1, 0.15) is 0 Å². The Balaban J connectivity index is 1.46. The molecule has 7 nitrogen and oxygen atoms in total. The molecule has 0 aromatic heterocycles. The maximum absolute atomic E-state index is 12.8. The third-order valence-corrected chi connectivity index (χ3v) is 7.49. The molecule has 0 aliphatic carbocycles. The fraction of sp³-hybridized carbons (Fsp3) is 0.200. The van der Waals surface area contributed by atoms with Crippen molar-refractivity contribution in [2.24, 2.45) is 0 Å². The first-order valence-electron chi connectivity index (χ1n) is 10.7. The molecule has 1 aliphatic rings. The second-order valence-electron chi connectivity index (χ2n) is 7.80. The lowest BCUT2D eigenvalue weighted by molar-refractivity contribution is -0.122. The zero-order valence-electron chi connectivity index (χ0n) is 18.0. The van der Waals surface area contributed by atoms with Crippen molar-refractivity contribution < 1.29 is 18.0 Å². The van der Waals surface area contributed by atoms with Crippen LogP contribution in [0.15, 0.2) is 89.8 Å². The van der Waals surface area contributed by atoms with Gasteiger partial charge in [0, 0.05) is 31.1 Å². The van der Waals surface area contributed by atoms with Gasteiger partial charge in [-0.25, -0.2) is 8.42 Å². The van der Waals surface area contributed by atoms with Crippen LogP contribution in [0.2, 0.25) is 0 Å². The second kappa shape index (κ2) is 9.97. The summed E-state index contributed by atoms with van der Waals surface area (Å²) in [6.07, 6.45) is 0. The third kappa shape index (κ3) is 5.30. The lowest BCUT2D eigenvalue weighted by Crippen LogP contribution is -2.49. The Labute approximate surface area is 193 Å². The van der Waals surface area contributed by atoms with Crippen LogP contribution in [0.1, 0.15) is 27.4 Å². The Bertz CT molecular complexity index is 1170. The molecule has 1 fully saturated rings. The largest absolute Gasteiger partial charge is 0.354 e. The number of hydrogen-bond acceptors (Lipinski definition) is 4. The van der Waals surface area contributed by atoms with Crippen molar-refractivity contribution in [3.05, 3.63) is 102 Å². The summed E-state index contributed by atoms with van der Waals surface area (Å²) >= 11 is 0. The second-order valence-corrected chi connectivity index (χ2v) is 9.73. The average Bonchev–Trinajstić information content (AvgIpc) is 2.85. The normalized spacial score (nSPS) is 14.6. The topological polar surface area (TPSA) is 95.6 Å². The first-order valence-corrected chi connectivity index (χ1v) is 12.1. The molecule has 0 unspecified atom stereocenters. The predicted octanol–water partition coefficient (Wildman–Crippen LogP) is 2.37. The molecule has 0 spiro atoms. The highest BCUT2D eigenvalue weighted by Crippen LogP contribution is 2.24. The minimum Gasteiger partial charge on any atom is -0.354 e. The van der Waals surface area contributed by atoms with E-state index in [-0.39, 0.29) is 42.3 Å². The Morgan fingerprint density at radius 2 is 1.48 bits per heavy atom. The van der Waals surface area contributed by atoms with Gasteiger partial charge in [-0.1, -0.05) is 60.7 Å². The Kier molecular flexibility index (Phi) is 6.86. The molecule has 0 bridgehead atoms. The van der Waals surface area contributed by atoms with E-state index in [0.717, 1.165) is 15.4 Å². The van der Waals surface area contributed by atoms with E-state index in [2.05, 4.69) is 10.6 Å². The molecule has 2 N–H and O–H groups in total. The fourth-order valence-electron chi connectivity index (χ4n) is 3.84. The Morgan fingerprint density at radius 3 is 2.03 bits per heavy atom. The van der Waals surface area contributed by atoms with Gasteiger partial charge in [-0.2, -0.15) is 4.31 Å². The highest BCUT2D eigenvalue weighted by Gasteiger charge is 2.29. The Hall–Kier alpha value is -3.49. The van der Waals surface area contributed by atoms with Crippen molar-refractivity contribution in [3.63, 3.8) is 0 Å². The summed E-state index contributed by atoms with van der Waals surface area (Å²) in [5.74, 6) is -0.624. The molecule has 1 aliphatic heterocycles. The zero-order chi connectivity index (χ0) is 23.3. The van der Waals surface area contributed by atoms with Crippen molar-refractivity contribution in [3.8, 4) is 0 Å². The summed E-state index contributed by atoms with van der Waals surface area (Å²) in [7, 11) is -3.79. The summed E-state index contributed by atoms with van der Waals surface area (Å²) in [5, 5.41) is 5.58. The molecule has 8 heteroatoms. The summed E-state index contributed by atoms with van der Waals surface area (Å²) in [6.45, 7) is 0.694. The SMILES string of the molecule is O=C1CN(S(=O)(=O)c2ccc(C(=O)NCC(c3ccccc3)c3ccccc3)cc2)CCN1. The molecule has 2 amide bonds. The molecular weight excluding hydrogens is 438 g/mol. The molecule has 0 atom stereocenters. The van der Waals surface area contributed by atoms with Gasteiger partial charge in [0.05, 0.1) is 11.4 Å². The van der Waals surface area contributed by atoms with Gasteiger partial charge in [-0.15, -0.1) is 0 Å². The number of hydrogen-bond donors (Lipinski definition) is 2. The number of sulfonamides is 1. The minimum atomic E-state index is -3.79. The van der Waals surface area contributed by atoms with E-state index in [0.29, 0.717) is 12.1 Å². The molecule has 3 aromatic carbocycles.